The van der Waals surface area contributed by atoms with Gasteiger partial charge in [-0.3, -0.25) is 0 Å². The lowest BCUT2D eigenvalue weighted by Gasteiger charge is -2.42. The number of hydrogen-bond donors (Lipinski definition) is 2. The van der Waals surface area contributed by atoms with Crippen molar-refractivity contribution in [2.75, 3.05) is 0 Å². The van der Waals surface area contributed by atoms with Crippen molar-refractivity contribution >= 4 is 0 Å². The van der Waals surface area contributed by atoms with Crippen LogP contribution in [-0.2, 0) is 39.9 Å². The second-order valence-corrected chi connectivity index (χ2v) is 21.6. The molecule has 2 N–H and O–H groups in total. The summed E-state index contributed by atoms with van der Waals surface area (Å²) >= 11 is 0. The van der Waals surface area contributed by atoms with Crippen molar-refractivity contribution < 1.29 is 19.7 Å². The van der Waals surface area contributed by atoms with Gasteiger partial charge in [-0.05, 0) is 143 Å². The van der Waals surface area contributed by atoms with Crippen LogP contribution in [0.3, 0.4) is 0 Å². The summed E-state index contributed by atoms with van der Waals surface area (Å²) in [6, 6.07) is 67.8. The van der Waals surface area contributed by atoms with Gasteiger partial charge in [0.15, 0.2) is 5.79 Å². The Balaban J connectivity index is 1.14. The molecule has 0 spiro atoms. The Morgan fingerprint density at radius 1 is 0.333 bits per heavy atom. The van der Waals surface area contributed by atoms with Gasteiger partial charge in [0.25, 0.3) is 0 Å². The number of ether oxygens (including phenoxy) is 2. The molecule has 0 aliphatic carbocycles. The van der Waals surface area contributed by atoms with E-state index in [2.05, 4.69) is 173 Å². The zero-order valence-electron chi connectivity index (χ0n) is 45.3. The maximum Gasteiger partial charge on any atom is 0.164 e. The molecule has 1 heterocycles. The van der Waals surface area contributed by atoms with Crippen LogP contribution in [0.1, 0.15) is 137 Å². The number of unbranched alkanes of at least 4 members (excludes halogenated alkanes) is 6. The molecule has 0 saturated carbocycles. The summed E-state index contributed by atoms with van der Waals surface area (Å²) < 4.78 is 14.1. The Morgan fingerprint density at radius 2 is 0.547 bits per heavy atom. The first kappa shape index (κ1) is 53.4. The Kier molecular flexibility index (Phi) is 17.2. The lowest BCUT2D eigenvalue weighted by molar-refractivity contribution is -0.172. The monoisotopic (exact) mass is 995 g/mol. The van der Waals surface area contributed by atoms with Gasteiger partial charge in [-0.15, -0.1) is 0 Å². The minimum Gasteiger partial charge on any atom is -0.378 e. The quantitative estimate of drug-likeness (QED) is 0.0664. The van der Waals surface area contributed by atoms with Gasteiger partial charge in [0.2, 0.25) is 0 Å². The van der Waals surface area contributed by atoms with Crippen molar-refractivity contribution in [2.45, 2.75) is 148 Å². The van der Waals surface area contributed by atoms with Gasteiger partial charge in [-0.1, -0.05) is 259 Å². The molecule has 8 aromatic carbocycles. The van der Waals surface area contributed by atoms with Crippen LogP contribution in [0.5, 0.6) is 0 Å². The highest BCUT2D eigenvalue weighted by Crippen LogP contribution is 2.51. The van der Waals surface area contributed by atoms with Crippen LogP contribution in [0.2, 0.25) is 0 Å². The Morgan fingerprint density at radius 3 is 0.773 bits per heavy atom. The third kappa shape index (κ3) is 12.2. The molecule has 1 saturated heterocycles. The summed E-state index contributed by atoms with van der Waals surface area (Å²) in [5, 5.41) is 28.2. The molecule has 1 fully saturated rings. The molecule has 386 valence electrons. The van der Waals surface area contributed by atoms with Crippen LogP contribution in [0.25, 0.3) is 44.5 Å². The summed E-state index contributed by atoms with van der Waals surface area (Å²) in [5.74, 6) is -1.20. The molecular formula is C71H78O4. The van der Waals surface area contributed by atoms with Crippen LogP contribution < -0.4 is 0 Å². The number of aliphatic hydroxyl groups is 2. The van der Waals surface area contributed by atoms with E-state index in [9.17, 15) is 10.2 Å². The van der Waals surface area contributed by atoms with E-state index in [4.69, 9.17) is 9.47 Å². The Bertz CT molecular complexity index is 2930. The third-order valence-corrected chi connectivity index (χ3v) is 15.7. The number of benzene rings is 8. The molecule has 0 bridgehead atoms. The van der Waals surface area contributed by atoms with E-state index in [-0.39, 0.29) is 0 Å². The highest BCUT2D eigenvalue weighted by molar-refractivity contribution is 5.68. The SMILES string of the molecule is CCCCCc1ccc(-c2ccc(C(O)(c3ccc(-c4ccc(C)cc4)cc3)[C@@H]3OC(C)(C)O[C@H]3C(O)(c3ccc(-c4ccc(CCCCC)cc4)cc3)c3ccc(-c4ccc(CCCCC)cc4)cc3)cc2)cc1. The molecule has 1 unspecified atom stereocenters. The predicted molar refractivity (Wildman–Crippen MR) is 312 cm³/mol. The summed E-state index contributed by atoms with van der Waals surface area (Å²) in [5.41, 5.74) is 12.7. The largest absolute Gasteiger partial charge is 0.378 e. The van der Waals surface area contributed by atoms with Crippen LogP contribution in [0.15, 0.2) is 194 Å². The first-order valence-electron chi connectivity index (χ1n) is 28.0. The van der Waals surface area contributed by atoms with Crippen molar-refractivity contribution in [3.05, 3.63) is 239 Å². The molecule has 75 heavy (non-hydrogen) atoms. The first-order valence-corrected chi connectivity index (χ1v) is 28.0. The van der Waals surface area contributed by atoms with Crippen LogP contribution in [0.4, 0.5) is 0 Å². The maximum atomic E-state index is 14.1. The fourth-order valence-electron chi connectivity index (χ4n) is 11.1. The molecule has 8 aromatic rings. The number of rotatable bonds is 22. The molecule has 3 atom stereocenters. The lowest BCUT2D eigenvalue weighted by atomic mass is 9.71. The second kappa shape index (κ2) is 24.1. The lowest BCUT2D eigenvalue weighted by Crippen LogP contribution is -2.55. The number of hydrogen-bond acceptors (Lipinski definition) is 4. The average Bonchev–Trinajstić information content (AvgIpc) is 3.87. The third-order valence-electron chi connectivity index (χ3n) is 15.7. The minimum absolute atomic E-state index is 0.628. The maximum absolute atomic E-state index is 14.1. The molecular weight excluding hydrogens is 917 g/mol. The summed E-state index contributed by atoms with van der Waals surface area (Å²) in [6.07, 6.45) is 11.9. The van der Waals surface area contributed by atoms with E-state index >= 15 is 0 Å². The van der Waals surface area contributed by atoms with Crippen LogP contribution in [-0.4, -0.2) is 28.2 Å². The van der Waals surface area contributed by atoms with Crippen LogP contribution in [0, 0.1) is 6.92 Å². The van der Waals surface area contributed by atoms with Crippen molar-refractivity contribution in [1.29, 1.82) is 0 Å². The summed E-state index contributed by atoms with van der Waals surface area (Å²) in [7, 11) is 0. The molecule has 9 rings (SSSR count). The van der Waals surface area contributed by atoms with Gasteiger partial charge in [-0.2, -0.15) is 0 Å². The Hall–Kier alpha value is -6.40. The van der Waals surface area contributed by atoms with Crippen molar-refractivity contribution in [1.82, 2.24) is 0 Å². The summed E-state index contributed by atoms with van der Waals surface area (Å²) in [4.78, 5) is 0. The van der Waals surface area contributed by atoms with Gasteiger partial charge >= 0.3 is 0 Å². The van der Waals surface area contributed by atoms with E-state index in [0.29, 0.717) is 22.3 Å². The molecule has 0 aromatic heterocycles. The van der Waals surface area contributed by atoms with Gasteiger partial charge in [0.1, 0.15) is 23.4 Å². The van der Waals surface area contributed by atoms with Crippen molar-refractivity contribution in [3.63, 3.8) is 0 Å². The molecule has 4 heteroatoms. The van der Waals surface area contributed by atoms with E-state index in [1.54, 1.807) is 0 Å². The van der Waals surface area contributed by atoms with Gasteiger partial charge < -0.3 is 19.7 Å². The summed E-state index contributed by atoms with van der Waals surface area (Å²) in [6.45, 7) is 12.6. The predicted octanol–water partition coefficient (Wildman–Crippen LogP) is 17.6. The smallest absolute Gasteiger partial charge is 0.164 e. The van der Waals surface area contributed by atoms with Gasteiger partial charge in [0, 0.05) is 0 Å². The second-order valence-electron chi connectivity index (χ2n) is 21.6. The minimum atomic E-state index is -1.81. The molecule has 0 radical (unpaired) electrons. The molecule has 1 aliphatic rings. The average molecular weight is 995 g/mol. The van der Waals surface area contributed by atoms with Gasteiger partial charge in [0.05, 0.1) is 0 Å². The van der Waals surface area contributed by atoms with Gasteiger partial charge in [-0.25, -0.2) is 0 Å². The van der Waals surface area contributed by atoms with Crippen molar-refractivity contribution in [2.24, 2.45) is 0 Å². The topological polar surface area (TPSA) is 58.9 Å². The standard InChI is InChI=1S/C71H78O4/c1-7-10-13-16-52-21-29-56(30-22-52)60-37-45-64(46-38-60)70(72,63-43-35-59(36-44-63)55-27-19-51(4)20-28-55)67-68(75-69(5,6)74-67)71(73,65-47-39-61(40-48-65)57-31-23-53(24-32-57)17-14-11-8-2)66-49-41-62(42-50-66)58-33-25-54(26-34-58)18-15-12-9-3/h19-50,67-68,72-73H,7-18H2,1-6H3/t67-,68-,70?/m1/s1. The zero-order valence-corrected chi connectivity index (χ0v) is 45.3. The van der Waals surface area contributed by atoms with E-state index < -0.39 is 29.2 Å². The highest BCUT2D eigenvalue weighted by Gasteiger charge is 2.61. The molecule has 1 aliphatic heterocycles. The fourth-order valence-corrected chi connectivity index (χ4v) is 11.1. The van der Waals surface area contributed by atoms with Crippen molar-refractivity contribution in [3.8, 4) is 44.5 Å². The zero-order chi connectivity index (χ0) is 52.4. The van der Waals surface area contributed by atoms with E-state index in [0.717, 1.165) is 63.8 Å². The van der Waals surface area contributed by atoms with E-state index in [1.165, 1.54) is 80.0 Å². The van der Waals surface area contributed by atoms with Crippen LogP contribution >= 0.6 is 0 Å². The first-order chi connectivity index (χ1) is 36.4. The fraction of sp³-hybridized carbons (Fsp3) is 0.324. The normalized spacial score (nSPS) is 16.2. The Labute approximate surface area is 448 Å². The highest BCUT2D eigenvalue weighted by atomic mass is 16.8. The number of aryl methyl sites for hydroxylation is 4. The molecule has 4 nitrogen and oxygen atoms in total. The molecule has 0 amide bonds. The van der Waals surface area contributed by atoms with E-state index in [1.807, 2.05) is 62.4 Å².